The SMILES string of the molecule is Cc1cc(C(=O)N2CCC[C@H](c3cc(C(F)F)nc4ncnn34)C2)cc(C)n1. The summed E-state index contributed by atoms with van der Waals surface area (Å²) < 4.78 is 28.0. The summed E-state index contributed by atoms with van der Waals surface area (Å²) in [6.07, 6.45) is 0.168. The van der Waals surface area contributed by atoms with Gasteiger partial charge in [0.25, 0.3) is 18.1 Å². The van der Waals surface area contributed by atoms with Gasteiger partial charge in [0.1, 0.15) is 12.0 Å². The van der Waals surface area contributed by atoms with Crippen molar-refractivity contribution in [2.75, 3.05) is 13.1 Å². The molecule has 0 bridgehead atoms. The number of nitrogens with zero attached hydrogens (tertiary/aromatic N) is 6. The zero-order valence-corrected chi connectivity index (χ0v) is 15.6. The lowest BCUT2D eigenvalue weighted by Crippen LogP contribution is -2.39. The van der Waals surface area contributed by atoms with Gasteiger partial charge in [-0.15, -0.1) is 0 Å². The van der Waals surface area contributed by atoms with E-state index in [1.54, 1.807) is 17.0 Å². The van der Waals surface area contributed by atoms with Gasteiger partial charge in [-0.2, -0.15) is 10.1 Å². The van der Waals surface area contributed by atoms with Crippen LogP contribution in [0.5, 0.6) is 0 Å². The number of carbonyl (C=O) groups is 1. The molecule has 1 atom stereocenters. The normalized spacial score (nSPS) is 17.5. The van der Waals surface area contributed by atoms with Crippen molar-refractivity contribution in [2.45, 2.75) is 39.0 Å². The Morgan fingerprint density at radius 3 is 2.64 bits per heavy atom. The fourth-order valence-electron chi connectivity index (χ4n) is 3.80. The maximum Gasteiger partial charge on any atom is 0.280 e. The molecule has 0 aromatic carbocycles. The predicted octanol–water partition coefficient (Wildman–Crippen LogP) is 3.09. The summed E-state index contributed by atoms with van der Waals surface area (Å²) in [7, 11) is 0. The number of fused-ring (bicyclic) bond motifs is 1. The van der Waals surface area contributed by atoms with Crippen LogP contribution in [-0.2, 0) is 0 Å². The van der Waals surface area contributed by atoms with E-state index in [0.29, 0.717) is 24.3 Å². The molecule has 4 rings (SSSR count). The highest BCUT2D eigenvalue weighted by atomic mass is 19.3. The molecule has 146 valence electrons. The van der Waals surface area contributed by atoms with Crippen LogP contribution < -0.4 is 0 Å². The average molecular weight is 386 g/mol. The highest BCUT2D eigenvalue weighted by Gasteiger charge is 2.29. The topological polar surface area (TPSA) is 76.3 Å². The summed E-state index contributed by atoms with van der Waals surface area (Å²) >= 11 is 0. The van der Waals surface area contributed by atoms with Crippen molar-refractivity contribution in [1.29, 1.82) is 0 Å². The predicted molar refractivity (Wildman–Crippen MR) is 97.3 cm³/mol. The quantitative estimate of drug-likeness (QED) is 0.691. The number of hydrogen-bond acceptors (Lipinski definition) is 5. The zero-order valence-electron chi connectivity index (χ0n) is 15.6. The molecule has 0 unspecified atom stereocenters. The van der Waals surface area contributed by atoms with Crippen molar-refractivity contribution < 1.29 is 13.6 Å². The Balaban J connectivity index is 1.65. The van der Waals surface area contributed by atoms with Gasteiger partial charge in [0.2, 0.25) is 0 Å². The third-order valence-corrected chi connectivity index (χ3v) is 4.98. The molecule has 0 N–H and O–H groups in total. The number of aromatic nitrogens is 5. The number of piperidine rings is 1. The molecule has 1 amide bonds. The van der Waals surface area contributed by atoms with E-state index in [1.165, 1.54) is 16.9 Å². The molecular weight excluding hydrogens is 366 g/mol. The third-order valence-electron chi connectivity index (χ3n) is 4.98. The minimum Gasteiger partial charge on any atom is -0.338 e. The second-order valence-electron chi connectivity index (χ2n) is 7.11. The summed E-state index contributed by atoms with van der Waals surface area (Å²) in [5.74, 6) is -0.0423. The molecule has 1 fully saturated rings. The fourth-order valence-corrected chi connectivity index (χ4v) is 3.80. The van der Waals surface area contributed by atoms with Gasteiger partial charge in [-0.1, -0.05) is 0 Å². The van der Waals surface area contributed by atoms with Crippen LogP contribution in [-0.4, -0.2) is 48.5 Å². The fraction of sp³-hybridized carbons (Fsp3) is 0.421. The Bertz CT molecular complexity index is 1010. The number of alkyl halides is 2. The monoisotopic (exact) mass is 386 g/mol. The number of aryl methyl sites for hydroxylation is 2. The molecule has 3 aromatic rings. The van der Waals surface area contributed by atoms with E-state index in [1.807, 2.05) is 13.8 Å². The first-order valence-corrected chi connectivity index (χ1v) is 9.15. The molecule has 28 heavy (non-hydrogen) atoms. The Hall–Kier alpha value is -2.97. The van der Waals surface area contributed by atoms with E-state index in [0.717, 1.165) is 24.2 Å². The van der Waals surface area contributed by atoms with Crippen LogP contribution >= 0.6 is 0 Å². The van der Waals surface area contributed by atoms with Crippen LogP contribution in [0.25, 0.3) is 5.78 Å². The first-order chi connectivity index (χ1) is 13.4. The van der Waals surface area contributed by atoms with Crippen LogP contribution in [0.1, 0.15) is 58.3 Å². The number of amides is 1. The van der Waals surface area contributed by atoms with Gasteiger partial charge < -0.3 is 4.90 Å². The van der Waals surface area contributed by atoms with E-state index >= 15 is 0 Å². The molecule has 4 heterocycles. The molecule has 1 aliphatic heterocycles. The first kappa shape index (κ1) is 18.4. The lowest BCUT2D eigenvalue weighted by atomic mass is 9.93. The highest BCUT2D eigenvalue weighted by molar-refractivity contribution is 5.94. The van der Waals surface area contributed by atoms with Crippen molar-refractivity contribution in [1.82, 2.24) is 29.5 Å². The number of rotatable bonds is 3. The van der Waals surface area contributed by atoms with Crippen molar-refractivity contribution >= 4 is 11.7 Å². The van der Waals surface area contributed by atoms with Crippen LogP contribution in [0, 0.1) is 13.8 Å². The van der Waals surface area contributed by atoms with Gasteiger partial charge in [-0.25, -0.2) is 18.3 Å². The first-order valence-electron chi connectivity index (χ1n) is 9.15. The lowest BCUT2D eigenvalue weighted by Gasteiger charge is -2.33. The van der Waals surface area contributed by atoms with Crippen molar-refractivity contribution in [3.8, 4) is 0 Å². The van der Waals surface area contributed by atoms with Crippen LogP contribution in [0.15, 0.2) is 24.5 Å². The maximum atomic E-state index is 13.3. The second-order valence-corrected chi connectivity index (χ2v) is 7.11. The Kier molecular flexibility index (Phi) is 4.74. The number of hydrogen-bond donors (Lipinski definition) is 0. The second kappa shape index (κ2) is 7.21. The van der Waals surface area contributed by atoms with Crippen molar-refractivity contribution in [3.05, 3.63) is 52.9 Å². The van der Waals surface area contributed by atoms with Crippen molar-refractivity contribution in [3.63, 3.8) is 0 Å². The minimum atomic E-state index is -2.69. The van der Waals surface area contributed by atoms with Gasteiger partial charge in [0.05, 0.1) is 5.69 Å². The summed E-state index contributed by atoms with van der Waals surface area (Å²) in [6, 6.07) is 4.93. The molecule has 0 saturated carbocycles. The molecule has 1 aliphatic rings. The maximum absolute atomic E-state index is 13.3. The Morgan fingerprint density at radius 1 is 1.18 bits per heavy atom. The van der Waals surface area contributed by atoms with Gasteiger partial charge in [0, 0.05) is 36.0 Å². The molecular formula is C19H20F2N6O. The molecule has 9 heteroatoms. The van der Waals surface area contributed by atoms with E-state index in [9.17, 15) is 13.6 Å². The van der Waals surface area contributed by atoms with Crippen molar-refractivity contribution in [2.24, 2.45) is 0 Å². The Morgan fingerprint density at radius 2 is 1.93 bits per heavy atom. The summed E-state index contributed by atoms with van der Waals surface area (Å²) in [4.78, 5) is 26.9. The highest BCUT2D eigenvalue weighted by Crippen LogP contribution is 2.30. The summed E-state index contributed by atoms with van der Waals surface area (Å²) in [5.41, 5.74) is 2.46. The van der Waals surface area contributed by atoms with E-state index < -0.39 is 6.43 Å². The van der Waals surface area contributed by atoms with Gasteiger partial charge in [-0.05, 0) is 44.9 Å². The molecule has 3 aromatic heterocycles. The number of halogens is 2. The average Bonchev–Trinajstić information content (AvgIpc) is 3.14. The molecule has 1 saturated heterocycles. The largest absolute Gasteiger partial charge is 0.338 e. The van der Waals surface area contributed by atoms with Gasteiger partial charge in [-0.3, -0.25) is 9.78 Å². The molecule has 0 spiro atoms. The van der Waals surface area contributed by atoms with E-state index in [-0.39, 0.29) is 23.3 Å². The van der Waals surface area contributed by atoms with Crippen LogP contribution in [0.4, 0.5) is 8.78 Å². The third kappa shape index (κ3) is 3.44. The van der Waals surface area contributed by atoms with E-state index in [4.69, 9.17) is 0 Å². The van der Waals surface area contributed by atoms with Crippen LogP contribution in [0.3, 0.4) is 0 Å². The van der Waals surface area contributed by atoms with E-state index in [2.05, 4.69) is 20.1 Å². The summed E-state index contributed by atoms with van der Waals surface area (Å²) in [6.45, 7) is 4.77. The molecule has 0 aliphatic carbocycles. The minimum absolute atomic E-state index is 0.0729. The lowest BCUT2D eigenvalue weighted by molar-refractivity contribution is 0.0704. The number of carbonyl (C=O) groups excluding carboxylic acids is 1. The van der Waals surface area contributed by atoms with Gasteiger partial charge in [0.15, 0.2) is 0 Å². The number of pyridine rings is 1. The Labute approximate surface area is 160 Å². The zero-order chi connectivity index (χ0) is 19.8. The van der Waals surface area contributed by atoms with Gasteiger partial charge >= 0.3 is 0 Å². The molecule has 7 nitrogen and oxygen atoms in total. The molecule has 0 radical (unpaired) electrons. The standard InChI is InChI=1S/C19H20F2N6O/c1-11-6-14(7-12(2)24-11)18(28)26-5-3-4-13(9-26)16-8-15(17(20)21)25-19-22-10-23-27(16)19/h6-8,10,13,17H,3-5,9H2,1-2H3/t13-/m0/s1. The number of likely N-dealkylation sites (tertiary alicyclic amines) is 1. The van der Waals surface area contributed by atoms with Crippen LogP contribution in [0.2, 0.25) is 0 Å². The summed E-state index contributed by atoms with van der Waals surface area (Å²) in [5, 5.41) is 4.13. The smallest absolute Gasteiger partial charge is 0.280 e.